The molecule has 0 atom stereocenters. The first-order valence-corrected chi connectivity index (χ1v) is 4.91. The molecule has 1 aromatic carbocycles. The lowest BCUT2D eigenvalue weighted by atomic mass is 10.1. The molecule has 4 nitrogen and oxygen atoms in total. The number of H-pyrrole nitrogens is 1. The van der Waals surface area contributed by atoms with Gasteiger partial charge in [0, 0.05) is 5.56 Å². The number of hydrogen-bond donors (Lipinski definition) is 1. The average Bonchev–Trinajstić information content (AvgIpc) is 2.77. The van der Waals surface area contributed by atoms with Crippen molar-refractivity contribution in [1.29, 1.82) is 0 Å². The highest BCUT2D eigenvalue weighted by Gasteiger charge is 2.15. The summed E-state index contributed by atoms with van der Waals surface area (Å²) in [4.78, 5) is 12.0. The molecule has 0 aliphatic carbocycles. The summed E-state index contributed by atoms with van der Waals surface area (Å²) in [7, 11) is 1.51. The van der Waals surface area contributed by atoms with Crippen LogP contribution in [-0.2, 0) is 0 Å². The molecule has 1 aromatic heterocycles. The number of aromatic nitrogens is 2. The van der Waals surface area contributed by atoms with Crippen LogP contribution in [0.2, 0.25) is 0 Å². The van der Waals surface area contributed by atoms with Gasteiger partial charge in [-0.2, -0.15) is 5.10 Å². The second-order valence-electron chi connectivity index (χ2n) is 3.51. The van der Waals surface area contributed by atoms with Gasteiger partial charge in [0.15, 0.2) is 5.75 Å². The maximum absolute atomic E-state index is 12.0. The molecule has 0 saturated carbocycles. The number of aryl methyl sites for hydroxylation is 1. The van der Waals surface area contributed by atoms with Gasteiger partial charge < -0.3 is 4.74 Å². The van der Waals surface area contributed by atoms with Crippen LogP contribution in [-0.4, -0.2) is 23.1 Å². The van der Waals surface area contributed by atoms with E-state index in [4.69, 9.17) is 4.74 Å². The minimum Gasteiger partial charge on any atom is -0.493 e. The largest absolute Gasteiger partial charge is 0.493 e. The fourth-order valence-electron chi connectivity index (χ4n) is 1.44. The van der Waals surface area contributed by atoms with Crippen molar-refractivity contribution in [3.05, 3.63) is 47.3 Å². The number of aromatic amines is 1. The zero-order chi connectivity index (χ0) is 11.5. The standard InChI is InChI=1S/C12H12N2O2/c1-8-3-5-9(6-4-8)12(15)11-10(16-2)7-13-14-11/h3-7H,1-2H3,(H,13,14). The lowest BCUT2D eigenvalue weighted by molar-refractivity contribution is 0.103. The Bertz CT molecular complexity index is 500. The van der Waals surface area contributed by atoms with E-state index >= 15 is 0 Å². The molecular formula is C12H12N2O2. The number of ketones is 1. The van der Waals surface area contributed by atoms with E-state index in [1.165, 1.54) is 13.3 Å². The lowest BCUT2D eigenvalue weighted by Crippen LogP contribution is -2.03. The van der Waals surface area contributed by atoms with Gasteiger partial charge in [-0.1, -0.05) is 29.8 Å². The molecule has 82 valence electrons. The molecule has 0 aliphatic rings. The molecule has 4 heteroatoms. The molecule has 2 aromatic rings. The Morgan fingerprint density at radius 2 is 2.00 bits per heavy atom. The van der Waals surface area contributed by atoms with E-state index < -0.39 is 0 Å². The number of benzene rings is 1. The highest BCUT2D eigenvalue weighted by Crippen LogP contribution is 2.18. The third-order valence-electron chi connectivity index (χ3n) is 2.37. The molecule has 2 rings (SSSR count). The van der Waals surface area contributed by atoms with E-state index in [2.05, 4.69) is 10.2 Å². The van der Waals surface area contributed by atoms with Crippen molar-refractivity contribution in [2.24, 2.45) is 0 Å². The molecule has 0 aliphatic heterocycles. The number of hydrogen-bond acceptors (Lipinski definition) is 3. The summed E-state index contributed by atoms with van der Waals surface area (Å²) >= 11 is 0. The van der Waals surface area contributed by atoms with E-state index in [1.54, 1.807) is 12.1 Å². The molecule has 1 heterocycles. The Kier molecular flexibility index (Phi) is 2.72. The van der Waals surface area contributed by atoms with Gasteiger partial charge in [-0.15, -0.1) is 0 Å². The van der Waals surface area contributed by atoms with Crippen molar-refractivity contribution >= 4 is 5.78 Å². The van der Waals surface area contributed by atoms with Gasteiger partial charge in [-0.3, -0.25) is 9.89 Å². The number of nitrogens with one attached hydrogen (secondary N) is 1. The lowest BCUT2D eigenvalue weighted by Gasteiger charge is -2.01. The van der Waals surface area contributed by atoms with Crippen LogP contribution in [0.3, 0.4) is 0 Å². The zero-order valence-electron chi connectivity index (χ0n) is 9.15. The van der Waals surface area contributed by atoms with Gasteiger partial charge in [0.05, 0.1) is 13.3 Å². The van der Waals surface area contributed by atoms with E-state index in [0.717, 1.165) is 5.56 Å². The first kappa shape index (κ1) is 10.4. The number of carbonyl (C=O) groups is 1. The summed E-state index contributed by atoms with van der Waals surface area (Å²) in [6.45, 7) is 1.98. The van der Waals surface area contributed by atoms with Gasteiger partial charge in [-0.05, 0) is 6.92 Å². The molecule has 0 spiro atoms. The third kappa shape index (κ3) is 1.82. The normalized spacial score (nSPS) is 10.1. The SMILES string of the molecule is COc1cn[nH]c1C(=O)c1ccc(C)cc1. The monoisotopic (exact) mass is 216 g/mol. The maximum atomic E-state index is 12.0. The average molecular weight is 216 g/mol. The van der Waals surface area contributed by atoms with Crippen LogP contribution >= 0.6 is 0 Å². The highest BCUT2D eigenvalue weighted by molar-refractivity contribution is 6.09. The second kappa shape index (κ2) is 4.18. The predicted octanol–water partition coefficient (Wildman–Crippen LogP) is 1.96. The first-order valence-electron chi connectivity index (χ1n) is 4.91. The maximum Gasteiger partial charge on any atom is 0.214 e. The zero-order valence-corrected chi connectivity index (χ0v) is 9.15. The fourth-order valence-corrected chi connectivity index (χ4v) is 1.44. The van der Waals surface area contributed by atoms with Crippen molar-refractivity contribution in [2.75, 3.05) is 7.11 Å². The minimum absolute atomic E-state index is 0.116. The summed E-state index contributed by atoms with van der Waals surface area (Å²) < 4.78 is 5.04. The molecule has 0 radical (unpaired) electrons. The van der Waals surface area contributed by atoms with Crippen LogP contribution < -0.4 is 4.74 Å². The predicted molar refractivity (Wildman–Crippen MR) is 59.8 cm³/mol. The van der Waals surface area contributed by atoms with E-state index in [-0.39, 0.29) is 5.78 Å². The molecular weight excluding hydrogens is 204 g/mol. The first-order chi connectivity index (χ1) is 7.72. The molecule has 0 amide bonds. The number of carbonyl (C=O) groups excluding carboxylic acids is 1. The number of rotatable bonds is 3. The van der Waals surface area contributed by atoms with Crippen molar-refractivity contribution in [3.8, 4) is 5.75 Å². The molecule has 0 unspecified atom stereocenters. The molecule has 0 fully saturated rings. The van der Waals surface area contributed by atoms with Gasteiger partial charge in [0.2, 0.25) is 5.78 Å². The van der Waals surface area contributed by atoms with Crippen LogP contribution in [0.15, 0.2) is 30.5 Å². The summed E-state index contributed by atoms with van der Waals surface area (Å²) in [6, 6.07) is 7.38. The van der Waals surface area contributed by atoms with Gasteiger partial charge >= 0.3 is 0 Å². The Morgan fingerprint density at radius 3 is 2.62 bits per heavy atom. The van der Waals surface area contributed by atoms with Crippen LogP contribution in [0.5, 0.6) is 5.75 Å². The van der Waals surface area contributed by atoms with Gasteiger partial charge in [-0.25, -0.2) is 0 Å². The number of nitrogens with zero attached hydrogens (tertiary/aromatic N) is 1. The smallest absolute Gasteiger partial charge is 0.214 e. The van der Waals surface area contributed by atoms with Crippen LogP contribution in [0.1, 0.15) is 21.6 Å². The molecule has 16 heavy (non-hydrogen) atoms. The van der Waals surface area contributed by atoms with Crippen molar-refractivity contribution in [1.82, 2.24) is 10.2 Å². The Balaban J connectivity index is 2.35. The number of methoxy groups -OCH3 is 1. The summed E-state index contributed by atoms with van der Waals surface area (Å²) in [6.07, 6.45) is 1.49. The van der Waals surface area contributed by atoms with Crippen molar-refractivity contribution in [2.45, 2.75) is 6.92 Å². The van der Waals surface area contributed by atoms with E-state index in [9.17, 15) is 4.79 Å². The van der Waals surface area contributed by atoms with Gasteiger partial charge in [0.25, 0.3) is 0 Å². The Labute approximate surface area is 93.3 Å². The third-order valence-corrected chi connectivity index (χ3v) is 2.37. The van der Waals surface area contributed by atoms with Gasteiger partial charge in [0.1, 0.15) is 5.69 Å². The fraction of sp³-hybridized carbons (Fsp3) is 0.167. The minimum atomic E-state index is -0.116. The van der Waals surface area contributed by atoms with Crippen LogP contribution in [0.4, 0.5) is 0 Å². The summed E-state index contributed by atoms with van der Waals surface area (Å²) in [5, 5.41) is 6.43. The van der Waals surface area contributed by atoms with Crippen LogP contribution in [0.25, 0.3) is 0 Å². The summed E-state index contributed by atoms with van der Waals surface area (Å²) in [5.74, 6) is 0.347. The highest BCUT2D eigenvalue weighted by atomic mass is 16.5. The van der Waals surface area contributed by atoms with E-state index in [1.807, 2.05) is 19.1 Å². The second-order valence-corrected chi connectivity index (χ2v) is 3.51. The molecule has 0 saturated heterocycles. The Morgan fingerprint density at radius 1 is 1.31 bits per heavy atom. The van der Waals surface area contributed by atoms with Crippen molar-refractivity contribution in [3.63, 3.8) is 0 Å². The molecule has 0 bridgehead atoms. The Hall–Kier alpha value is -2.10. The number of ether oxygens (including phenoxy) is 1. The summed E-state index contributed by atoms with van der Waals surface area (Å²) in [5.41, 5.74) is 2.12. The van der Waals surface area contributed by atoms with Crippen molar-refractivity contribution < 1.29 is 9.53 Å². The van der Waals surface area contributed by atoms with Crippen LogP contribution in [0, 0.1) is 6.92 Å². The molecule has 1 N–H and O–H groups in total. The van der Waals surface area contributed by atoms with E-state index in [0.29, 0.717) is 17.0 Å². The quantitative estimate of drug-likeness (QED) is 0.798. The topological polar surface area (TPSA) is 55.0 Å².